The molecule has 1 aliphatic rings. The standard InChI is InChI=1S/C45H85NO12S/c1-3-5-7-9-11-13-15-17-18-19-20-21-22-24-26-28-30-32-34-39(49)44(52)46-37(38(48)33-31-29-27-25-23-16-14-12-10-8-6-4-2)36-56-45-42(51)43(58-59(53,54)55)41(50)40(35-47)57-45/h11,13,15,17,37-43,45,47-51H,3-10,12,14,16,18-36H2,1-2H3,(H,46,52)(H,53,54,55)/b13-11-,17-15-. The predicted octanol–water partition coefficient (Wildman–Crippen LogP) is 7.91. The third-order valence-corrected chi connectivity index (χ3v) is 11.6. The molecular weight excluding hydrogens is 779 g/mol. The van der Waals surface area contributed by atoms with Crippen molar-refractivity contribution in [2.75, 3.05) is 13.2 Å². The fourth-order valence-electron chi connectivity index (χ4n) is 7.40. The summed E-state index contributed by atoms with van der Waals surface area (Å²) >= 11 is 0. The molecule has 0 aromatic carbocycles. The van der Waals surface area contributed by atoms with E-state index in [4.69, 9.17) is 9.47 Å². The number of unbranched alkanes of at least 4 members (excludes halogenated alkanes) is 23. The third kappa shape index (κ3) is 28.7. The van der Waals surface area contributed by atoms with Gasteiger partial charge >= 0.3 is 10.4 Å². The first-order chi connectivity index (χ1) is 28.4. The van der Waals surface area contributed by atoms with Gasteiger partial charge in [0.2, 0.25) is 5.91 Å². The van der Waals surface area contributed by atoms with Gasteiger partial charge in [-0.25, -0.2) is 4.18 Å². The number of aliphatic hydroxyl groups is 5. The molecule has 13 nitrogen and oxygen atoms in total. The van der Waals surface area contributed by atoms with Crippen LogP contribution in [0.1, 0.15) is 194 Å². The molecule has 1 fully saturated rings. The van der Waals surface area contributed by atoms with E-state index in [0.29, 0.717) is 19.3 Å². The molecule has 0 aromatic heterocycles. The lowest BCUT2D eigenvalue weighted by Gasteiger charge is -2.41. The number of allylic oxidation sites excluding steroid dienone is 4. The summed E-state index contributed by atoms with van der Waals surface area (Å²) in [4.78, 5) is 13.1. The number of hydrogen-bond donors (Lipinski definition) is 7. The summed E-state index contributed by atoms with van der Waals surface area (Å²) in [7, 11) is -5.11. The number of amides is 1. The van der Waals surface area contributed by atoms with E-state index in [2.05, 4.69) is 47.7 Å². The summed E-state index contributed by atoms with van der Waals surface area (Å²) in [5.74, 6) is -0.675. The SMILES string of the molecule is CCCCC/C=C\C=C/CCCCCCCCCCCC(O)C(=O)NC(COC1OC(CO)C(O)C(OS(=O)(=O)O)C1O)C(O)CCCCCCCCCCCCCC. The molecule has 0 saturated carbocycles. The molecule has 0 spiro atoms. The van der Waals surface area contributed by atoms with Crippen molar-refractivity contribution in [3.63, 3.8) is 0 Å². The molecule has 59 heavy (non-hydrogen) atoms. The monoisotopic (exact) mass is 864 g/mol. The van der Waals surface area contributed by atoms with Crippen LogP contribution in [0, 0.1) is 0 Å². The molecule has 1 aliphatic heterocycles. The second-order valence-corrected chi connectivity index (χ2v) is 17.6. The molecule has 14 heteroatoms. The number of rotatable bonds is 39. The van der Waals surface area contributed by atoms with E-state index in [9.17, 15) is 43.3 Å². The van der Waals surface area contributed by atoms with Gasteiger partial charge in [-0.15, -0.1) is 0 Å². The molecule has 0 aliphatic carbocycles. The summed E-state index contributed by atoms with van der Waals surface area (Å²) in [5.41, 5.74) is 0. The van der Waals surface area contributed by atoms with Gasteiger partial charge in [-0.3, -0.25) is 9.35 Å². The summed E-state index contributed by atoms with van der Waals surface area (Å²) < 4.78 is 47.5. The molecule has 7 N–H and O–H groups in total. The smallest absolute Gasteiger partial charge is 0.394 e. The van der Waals surface area contributed by atoms with Crippen molar-refractivity contribution in [2.45, 2.75) is 243 Å². The van der Waals surface area contributed by atoms with E-state index in [1.807, 2.05) is 0 Å². The molecule has 0 radical (unpaired) electrons. The summed E-state index contributed by atoms with van der Waals surface area (Å²) in [6.07, 6.45) is 27.9. The third-order valence-electron chi connectivity index (χ3n) is 11.1. The Morgan fingerprint density at radius 1 is 0.678 bits per heavy atom. The van der Waals surface area contributed by atoms with Crippen LogP contribution in [0.15, 0.2) is 24.3 Å². The van der Waals surface area contributed by atoms with Crippen molar-refractivity contribution in [3.8, 4) is 0 Å². The average Bonchev–Trinajstić information content (AvgIpc) is 3.20. The van der Waals surface area contributed by atoms with Crippen LogP contribution in [0.2, 0.25) is 0 Å². The Morgan fingerprint density at radius 2 is 1.12 bits per heavy atom. The van der Waals surface area contributed by atoms with Crippen molar-refractivity contribution in [1.29, 1.82) is 0 Å². The number of ether oxygens (including phenoxy) is 2. The van der Waals surface area contributed by atoms with Crippen molar-refractivity contribution in [1.82, 2.24) is 5.32 Å². The van der Waals surface area contributed by atoms with Crippen molar-refractivity contribution in [2.24, 2.45) is 0 Å². The Hall–Kier alpha value is -1.46. The van der Waals surface area contributed by atoms with Gasteiger partial charge in [-0.2, -0.15) is 8.42 Å². The molecule has 8 atom stereocenters. The molecule has 8 unspecified atom stereocenters. The first-order valence-electron chi connectivity index (χ1n) is 23.3. The zero-order valence-electron chi connectivity index (χ0n) is 36.7. The van der Waals surface area contributed by atoms with Crippen molar-refractivity contribution in [3.05, 3.63) is 24.3 Å². The maximum Gasteiger partial charge on any atom is 0.397 e. The van der Waals surface area contributed by atoms with Crippen LogP contribution in [0.5, 0.6) is 0 Å². The lowest BCUT2D eigenvalue weighted by molar-refractivity contribution is -0.298. The summed E-state index contributed by atoms with van der Waals surface area (Å²) in [5, 5.41) is 55.3. The van der Waals surface area contributed by atoms with E-state index in [-0.39, 0.29) is 6.42 Å². The number of hydrogen-bond acceptors (Lipinski definition) is 11. The fraction of sp³-hybridized carbons (Fsp3) is 0.889. The zero-order valence-corrected chi connectivity index (χ0v) is 37.5. The number of nitrogens with one attached hydrogen (secondary N) is 1. The van der Waals surface area contributed by atoms with Gasteiger partial charge in [-0.05, 0) is 38.5 Å². The Morgan fingerprint density at radius 3 is 1.61 bits per heavy atom. The summed E-state index contributed by atoms with van der Waals surface area (Å²) in [6, 6.07) is -1.03. The lowest BCUT2D eigenvalue weighted by atomic mass is 9.99. The highest BCUT2D eigenvalue weighted by Gasteiger charge is 2.48. The minimum atomic E-state index is -5.11. The number of carbonyl (C=O) groups is 1. The minimum absolute atomic E-state index is 0.255. The van der Waals surface area contributed by atoms with E-state index >= 15 is 0 Å². The number of carbonyl (C=O) groups excluding carboxylic acids is 1. The Labute approximate surface area is 357 Å². The lowest BCUT2D eigenvalue weighted by Crippen LogP contribution is -2.61. The van der Waals surface area contributed by atoms with Gasteiger partial charge < -0.3 is 40.3 Å². The van der Waals surface area contributed by atoms with Crippen LogP contribution in [0.25, 0.3) is 0 Å². The molecule has 1 saturated heterocycles. The normalized spacial score (nSPS) is 21.7. The van der Waals surface area contributed by atoms with Gasteiger partial charge in [0.15, 0.2) is 6.29 Å². The molecule has 1 rings (SSSR count). The van der Waals surface area contributed by atoms with Crippen LogP contribution in [0.3, 0.4) is 0 Å². The van der Waals surface area contributed by atoms with Crippen LogP contribution in [0.4, 0.5) is 0 Å². The van der Waals surface area contributed by atoms with Gasteiger partial charge in [0.05, 0.1) is 25.4 Å². The zero-order chi connectivity index (χ0) is 43.6. The van der Waals surface area contributed by atoms with E-state index in [1.165, 1.54) is 96.3 Å². The van der Waals surface area contributed by atoms with Crippen LogP contribution < -0.4 is 5.32 Å². The maximum absolute atomic E-state index is 13.1. The second kappa shape index (κ2) is 36.1. The Balaban J connectivity index is 2.53. The van der Waals surface area contributed by atoms with Crippen molar-refractivity contribution >= 4 is 16.3 Å². The molecular formula is C45H85NO12S. The summed E-state index contributed by atoms with van der Waals surface area (Å²) in [6.45, 7) is 3.23. The highest BCUT2D eigenvalue weighted by Crippen LogP contribution is 2.26. The van der Waals surface area contributed by atoms with E-state index in [1.54, 1.807) is 0 Å². The van der Waals surface area contributed by atoms with E-state index in [0.717, 1.165) is 57.8 Å². The van der Waals surface area contributed by atoms with Crippen molar-refractivity contribution < 1.29 is 57.0 Å². The first kappa shape index (κ1) is 55.6. The quantitative estimate of drug-likeness (QED) is 0.0179. The molecule has 348 valence electrons. The highest BCUT2D eigenvalue weighted by molar-refractivity contribution is 7.80. The topological polar surface area (TPSA) is 212 Å². The first-order valence-corrected chi connectivity index (χ1v) is 24.7. The van der Waals surface area contributed by atoms with Gasteiger partial charge in [0.25, 0.3) is 0 Å². The Bertz CT molecular complexity index is 1170. The average molecular weight is 864 g/mol. The van der Waals surface area contributed by atoms with E-state index < -0.39 is 78.5 Å². The van der Waals surface area contributed by atoms with Gasteiger partial charge in [-0.1, -0.05) is 179 Å². The highest BCUT2D eigenvalue weighted by atomic mass is 32.3. The largest absolute Gasteiger partial charge is 0.397 e. The van der Waals surface area contributed by atoms with Gasteiger partial charge in [0, 0.05) is 0 Å². The molecule has 0 bridgehead atoms. The second-order valence-electron chi connectivity index (χ2n) is 16.5. The number of aliphatic hydroxyl groups excluding tert-OH is 5. The van der Waals surface area contributed by atoms with Crippen LogP contribution in [-0.2, 0) is 28.9 Å². The van der Waals surface area contributed by atoms with Gasteiger partial charge in [0.1, 0.15) is 30.5 Å². The molecule has 1 heterocycles. The van der Waals surface area contributed by atoms with Crippen LogP contribution >= 0.6 is 0 Å². The molecule has 1 amide bonds. The fourth-order valence-corrected chi connectivity index (χ4v) is 7.91. The Kier molecular flexibility index (Phi) is 34.0. The van der Waals surface area contributed by atoms with Crippen LogP contribution in [-0.4, -0.2) is 107 Å². The predicted molar refractivity (Wildman–Crippen MR) is 233 cm³/mol. The minimum Gasteiger partial charge on any atom is -0.394 e. The maximum atomic E-state index is 13.1. The molecule has 0 aromatic rings.